The van der Waals surface area contributed by atoms with Crippen LogP contribution < -0.4 is 5.32 Å². The van der Waals surface area contributed by atoms with Crippen LogP contribution in [0, 0.1) is 17.8 Å². The third-order valence-corrected chi connectivity index (χ3v) is 4.26. The van der Waals surface area contributed by atoms with Crippen molar-refractivity contribution in [3.05, 3.63) is 0 Å². The fraction of sp³-hybridized carbons (Fsp3) is 1.00. The van der Waals surface area contributed by atoms with E-state index in [9.17, 15) is 0 Å². The molecule has 0 bridgehead atoms. The Labute approximate surface area is 93.8 Å². The Kier molecular flexibility index (Phi) is 4.04. The summed E-state index contributed by atoms with van der Waals surface area (Å²) in [6.45, 7) is 4.51. The van der Waals surface area contributed by atoms with Gasteiger partial charge in [-0.1, -0.05) is 19.8 Å². The maximum Gasteiger partial charge on any atom is 0.0644 e. The quantitative estimate of drug-likeness (QED) is 0.774. The first-order valence-electron chi connectivity index (χ1n) is 6.57. The van der Waals surface area contributed by atoms with E-state index in [4.69, 9.17) is 4.74 Å². The van der Waals surface area contributed by atoms with Crippen molar-refractivity contribution < 1.29 is 4.74 Å². The first-order valence-corrected chi connectivity index (χ1v) is 6.57. The lowest BCUT2D eigenvalue weighted by Gasteiger charge is -2.33. The molecule has 1 saturated heterocycles. The van der Waals surface area contributed by atoms with E-state index in [-0.39, 0.29) is 0 Å². The third-order valence-electron chi connectivity index (χ3n) is 4.26. The Bertz CT molecular complexity index is 187. The predicted molar refractivity (Wildman–Crippen MR) is 62.9 cm³/mol. The van der Waals surface area contributed by atoms with Crippen molar-refractivity contribution in [2.45, 2.75) is 45.1 Å². The first kappa shape index (κ1) is 11.4. The summed E-state index contributed by atoms with van der Waals surface area (Å²) in [6, 6.07) is 0. The lowest BCUT2D eigenvalue weighted by molar-refractivity contribution is 0.0219. The van der Waals surface area contributed by atoms with E-state index in [1.807, 2.05) is 0 Å². The average molecular weight is 211 g/mol. The molecule has 1 saturated carbocycles. The van der Waals surface area contributed by atoms with Crippen molar-refractivity contribution in [1.29, 1.82) is 0 Å². The van der Waals surface area contributed by atoms with Gasteiger partial charge in [-0.3, -0.25) is 0 Å². The predicted octanol–water partition coefficient (Wildman–Crippen LogP) is 2.44. The summed E-state index contributed by atoms with van der Waals surface area (Å²) in [5, 5.41) is 3.31. The highest BCUT2D eigenvalue weighted by Crippen LogP contribution is 2.37. The number of ether oxygens (including phenoxy) is 1. The molecule has 88 valence electrons. The largest absolute Gasteiger partial charge is 0.378 e. The van der Waals surface area contributed by atoms with Crippen LogP contribution in [-0.2, 0) is 4.74 Å². The van der Waals surface area contributed by atoms with Crippen LogP contribution in [0.5, 0.6) is 0 Å². The molecule has 2 aliphatic rings. The summed E-state index contributed by atoms with van der Waals surface area (Å²) >= 11 is 0. The summed E-state index contributed by atoms with van der Waals surface area (Å²) < 4.78 is 5.95. The molecule has 1 heterocycles. The lowest BCUT2D eigenvalue weighted by atomic mass is 9.77. The molecule has 15 heavy (non-hydrogen) atoms. The van der Waals surface area contributed by atoms with Gasteiger partial charge in [0, 0.05) is 13.2 Å². The fourth-order valence-electron chi connectivity index (χ4n) is 3.27. The SMILES string of the molecule is CNCC1CCOC1C1CCC(C)CC1. The summed E-state index contributed by atoms with van der Waals surface area (Å²) in [7, 11) is 2.05. The second-order valence-electron chi connectivity index (χ2n) is 5.46. The van der Waals surface area contributed by atoms with Crippen LogP contribution >= 0.6 is 0 Å². The topological polar surface area (TPSA) is 21.3 Å². The highest BCUT2D eigenvalue weighted by molar-refractivity contribution is 4.86. The zero-order valence-electron chi connectivity index (χ0n) is 10.2. The van der Waals surface area contributed by atoms with Gasteiger partial charge in [0.05, 0.1) is 6.10 Å². The van der Waals surface area contributed by atoms with Gasteiger partial charge in [-0.15, -0.1) is 0 Å². The number of rotatable bonds is 3. The molecule has 2 rings (SSSR count). The molecule has 1 aliphatic heterocycles. The molecule has 2 unspecified atom stereocenters. The molecular formula is C13H25NO. The first-order chi connectivity index (χ1) is 7.31. The minimum absolute atomic E-state index is 0.560. The van der Waals surface area contributed by atoms with Gasteiger partial charge in [0.15, 0.2) is 0 Å². The summed E-state index contributed by atoms with van der Waals surface area (Å²) in [5.41, 5.74) is 0. The van der Waals surface area contributed by atoms with Crippen molar-refractivity contribution in [3.8, 4) is 0 Å². The van der Waals surface area contributed by atoms with Crippen LogP contribution in [0.2, 0.25) is 0 Å². The van der Waals surface area contributed by atoms with Gasteiger partial charge in [-0.25, -0.2) is 0 Å². The molecule has 2 heteroatoms. The van der Waals surface area contributed by atoms with E-state index in [2.05, 4.69) is 19.3 Å². The van der Waals surface area contributed by atoms with Crippen LogP contribution in [0.3, 0.4) is 0 Å². The van der Waals surface area contributed by atoms with Crippen LogP contribution in [0.1, 0.15) is 39.0 Å². The molecule has 1 N–H and O–H groups in total. The zero-order valence-corrected chi connectivity index (χ0v) is 10.2. The highest BCUT2D eigenvalue weighted by Gasteiger charge is 2.35. The molecule has 0 aromatic rings. The van der Waals surface area contributed by atoms with Crippen LogP contribution in [0.25, 0.3) is 0 Å². The lowest BCUT2D eigenvalue weighted by Crippen LogP contribution is -2.34. The molecule has 2 nitrogen and oxygen atoms in total. The summed E-state index contributed by atoms with van der Waals surface area (Å²) in [5.74, 6) is 2.57. The van der Waals surface area contributed by atoms with Gasteiger partial charge in [-0.05, 0) is 44.1 Å². The van der Waals surface area contributed by atoms with Gasteiger partial charge in [-0.2, -0.15) is 0 Å². The molecule has 0 aromatic heterocycles. The fourth-order valence-corrected chi connectivity index (χ4v) is 3.27. The molecule has 0 spiro atoms. The van der Waals surface area contributed by atoms with Gasteiger partial charge in [0.2, 0.25) is 0 Å². The molecule has 0 radical (unpaired) electrons. The summed E-state index contributed by atoms with van der Waals surface area (Å²) in [6.07, 6.45) is 7.44. The van der Waals surface area contributed by atoms with E-state index in [0.29, 0.717) is 6.10 Å². The van der Waals surface area contributed by atoms with E-state index in [1.54, 1.807) is 0 Å². The number of nitrogens with one attached hydrogen (secondary N) is 1. The van der Waals surface area contributed by atoms with Gasteiger partial charge in [0.25, 0.3) is 0 Å². The zero-order chi connectivity index (χ0) is 10.7. The molecule has 2 atom stereocenters. The second-order valence-corrected chi connectivity index (χ2v) is 5.46. The van der Waals surface area contributed by atoms with E-state index in [0.717, 1.165) is 30.9 Å². The van der Waals surface area contributed by atoms with Gasteiger partial charge >= 0.3 is 0 Å². The second kappa shape index (κ2) is 5.31. The maximum absolute atomic E-state index is 5.95. The Hall–Kier alpha value is -0.0800. The highest BCUT2D eigenvalue weighted by atomic mass is 16.5. The van der Waals surface area contributed by atoms with Gasteiger partial charge < -0.3 is 10.1 Å². The Morgan fingerprint density at radius 2 is 1.87 bits per heavy atom. The monoisotopic (exact) mass is 211 g/mol. The van der Waals surface area contributed by atoms with Crippen LogP contribution in [0.15, 0.2) is 0 Å². The van der Waals surface area contributed by atoms with Crippen molar-refractivity contribution in [2.75, 3.05) is 20.2 Å². The normalized spacial score (nSPS) is 42.0. The average Bonchev–Trinajstić information content (AvgIpc) is 2.68. The van der Waals surface area contributed by atoms with Gasteiger partial charge in [0.1, 0.15) is 0 Å². The molecular weight excluding hydrogens is 186 g/mol. The molecule has 2 fully saturated rings. The Balaban J connectivity index is 1.86. The van der Waals surface area contributed by atoms with Crippen LogP contribution in [0.4, 0.5) is 0 Å². The minimum Gasteiger partial charge on any atom is -0.378 e. The summed E-state index contributed by atoms with van der Waals surface area (Å²) in [4.78, 5) is 0. The third kappa shape index (κ3) is 2.73. The number of hydrogen-bond donors (Lipinski definition) is 1. The molecule has 1 aliphatic carbocycles. The number of hydrogen-bond acceptors (Lipinski definition) is 2. The molecule has 0 amide bonds. The standard InChI is InChI=1S/C13H25NO/c1-10-3-5-11(6-4-10)13-12(9-14-2)7-8-15-13/h10-14H,3-9H2,1-2H3. The smallest absolute Gasteiger partial charge is 0.0644 e. The van der Waals surface area contributed by atoms with Crippen molar-refractivity contribution in [3.63, 3.8) is 0 Å². The van der Waals surface area contributed by atoms with Crippen molar-refractivity contribution in [1.82, 2.24) is 5.32 Å². The van der Waals surface area contributed by atoms with E-state index >= 15 is 0 Å². The van der Waals surface area contributed by atoms with E-state index in [1.165, 1.54) is 32.1 Å². The van der Waals surface area contributed by atoms with E-state index < -0.39 is 0 Å². The van der Waals surface area contributed by atoms with Crippen molar-refractivity contribution >= 4 is 0 Å². The van der Waals surface area contributed by atoms with Crippen LogP contribution in [-0.4, -0.2) is 26.3 Å². The van der Waals surface area contributed by atoms with Crippen molar-refractivity contribution in [2.24, 2.45) is 17.8 Å². The Morgan fingerprint density at radius 1 is 1.13 bits per heavy atom. The maximum atomic E-state index is 5.95. The molecule has 0 aromatic carbocycles. The Morgan fingerprint density at radius 3 is 2.53 bits per heavy atom. The minimum atomic E-state index is 0.560.